The summed E-state index contributed by atoms with van der Waals surface area (Å²) in [6.45, 7) is 4.56. The molecule has 0 aliphatic heterocycles. The molecule has 1 aromatic carbocycles. The van der Waals surface area contributed by atoms with E-state index in [4.69, 9.17) is 11.6 Å². The molecule has 136 valence electrons. The standard InChI is InChI=1S/C17H27ClN2O3S/c1-4-6-8-14(5-2)12-19-17(21)13-20(24(3,22)23)16-10-7-9-15(18)11-16/h7,9-11,14H,4-6,8,12-13H2,1-3H3,(H,19,21). The summed E-state index contributed by atoms with van der Waals surface area (Å²) >= 11 is 5.92. The molecular formula is C17H27ClN2O3S. The van der Waals surface area contributed by atoms with Gasteiger partial charge >= 0.3 is 0 Å². The minimum atomic E-state index is -3.57. The van der Waals surface area contributed by atoms with Gasteiger partial charge in [-0.3, -0.25) is 9.10 Å². The van der Waals surface area contributed by atoms with Gasteiger partial charge in [-0.15, -0.1) is 0 Å². The normalized spacial score (nSPS) is 12.7. The summed E-state index contributed by atoms with van der Waals surface area (Å²) in [4.78, 5) is 12.2. The molecule has 1 aromatic rings. The first-order valence-electron chi connectivity index (χ1n) is 8.27. The third-order valence-electron chi connectivity index (χ3n) is 3.91. The van der Waals surface area contributed by atoms with Crippen LogP contribution in [0.25, 0.3) is 0 Å². The van der Waals surface area contributed by atoms with Crippen molar-refractivity contribution in [1.82, 2.24) is 5.32 Å². The predicted octanol–water partition coefficient (Wildman–Crippen LogP) is 3.44. The lowest BCUT2D eigenvalue weighted by molar-refractivity contribution is -0.119. The van der Waals surface area contributed by atoms with Crippen LogP contribution in [0.3, 0.4) is 0 Å². The van der Waals surface area contributed by atoms with Crippen molar-refractivity contribution in [2.45, 2.75) is 39.5 Å². The van der Waals surface area contributed by atoms with E-state index in [9.17, 15) is 13.2 Å². The van der Waals surface area contributed by atoms with Crippen LogP contribution in [0.4, 0.5) is 5.69 Å². The molecule has 0 bridgehead atoms. The minimum Gasteiger partial charge on any atom is -0.354 e. The summed E-state index contributed by atoms with van der Waals surface area (Å²) < 4.78 is 25.1. The first-order chi connectivity index (χ1) is 11.3. The molecule has 0 aromatic heterocycles. The fraction of sp³-hybridized carbons (Fsp3) is 0.588. The lowest BCUT2D eigenvalue weighted by atomic mass is 9.99. The zero-order valence-corrected chi connectivity index (χ0v) is 16.2. The molecule has 1 N–H and O–H groups in total. The van der Waals surface area contributed by atoms with E-state index in [0.717, 1.165) is 36.2 Å². The highest BCUT2D eigenvalue weighted by molar-refractivity contribution is 7.92. The van der Waals surface area contributed by atoms with E-state index >= 15 is 0 Å². The number of halogens is 1. The fourth-order valence-electron chi connectivity index (χ4n) is 2.42. The number of carbonyl (C=O) groups excluding carboxylic acids is 1. The van der Waals surface area contributed by atoms with Crippen LogP contribution in [0.15, 0.2) is 24.3 Å². The molecule has 0 spiro atoms. The summed E-state index contributed by atoms with van der Waals surface area (Å²) in [5.41, 5.74) is 0.387. The Morgan fingerprint density at radius 1 is 1.33 bits per heavy atom. The Morgan fingerprint density at radius 3 is 2.58 bits per heavy atom. The molecule has 0 radical (unpaired) electrons. The number of rotatable bonds is 10. The van der Waals surface area contributed by atoms with Gasteiger partial charge in [-0.1, -0.05) is 50.8 Å². The first kappa shape index (κ1) is 20.8. The Bertz CT molecular complexity index is 634. The number of anilines is 1. The topological polar surface area (TPSA) is 66.5 Å². The van der Waals surface area contributed by atoms with E-state index in [1.54, 1.807) is 18.2 Å². The highest BCUT2D eigenvalue weighted by atomic mass is 35.5. The molecule has 0 aliphatic rings. The van der Waals surface area contributed by atoms with Gasteiger partial charge in [0, 0.05) is 11.6 Å². The second-order valence-electron chi connectivity index (χ2n) is 5.97. The maximum absolute atomic E-state index is 12.2. The number of hydrogen-bond acceptors (Lipinski definition) is 3. The average Bonchev–Trinajstić information content (AvgIpc) is 2.51. The van der Waals surface area contributed by atoms with E-state index < -0.39 is 10.0 Å². The zero-order chi connectivity index (χ0) is 18.2. The van der Waals surface area contributed by atoms with Crippen LogP contribution in [0.2, 0.25) is 5.02 Å². The van der Waals surface area contributed by atoms with Gasteiger partial charge in [0.05, 0.1) is 11.9 Å². The molecule has 0 saturated heterocycles. The third kappa shape index (κ3) is 7.09. The molecule has 7 heteroatoms. The van der Waals surface area contributed by atoms with Crippen LogP contribution in [-0.2, 0) is 14.8 Å². The number of benzene rings is 1. The van der Waals surface area contributed by atoms with Gasteiger partial charge in [-0.2, -0.15) is 0 Å². The minimum absolute atomic E-state index is 0.247. The summed E-state index contributed by atoms with van der Waals surface area (Å²) in [5, 5.41) is 3.27. The van der Waals surface area contributed by atoms with E-state index in [1.807, 2.05) is 0 Å². The second kappa shape index (κ2) is 9.89. The Morgan fingerprint density at radius 2 is 2.04 bits per heavy atom. The van der Waals surface area contributed by atoms with Crippen LogP contribution < -0.4 is 9.62 Å². The van der Waals surface area contributed by atoms with Gasteiger partial charge in [-0.25, -0.2) is 8.42 Å². The predicted molar refractivity (Wildman–Crippen MR) is 100.0 cm³/mol. The van der Waals surface area contributed by atoms with Crippen LogP contribution >= 0.6 is 11.6 Å². The number of nitrogens with one attached hydrogen (secondary N) is 1. The van der Waals surface area contributed by atoms with Gasteiger partial charge in [0.25, 0.3) is 0 Å². The molecule has 0 saturated carbocycles. The summed E-state index contributed by atoms with van der Waals surface area (Å²) in [7, 11) is -3.57. The first-order valence-corrected chi connectivity index (χ1v) is 10.5. The van der Waals surface area contributed by atoms with Crippen LogP contribution in [0, 0.1) is 5.92 Å². The second-order valence-corrected chi connectivity index (χ2v) is 8.31. The van der Waals surface area contributed by atoms with Crippen molar-refractivity contribution in [3.8, 4) is 0 Å². The van der Waals surface area contributed by atoms with E-state index in [-0.39, 0.29) is 12.5 Å². The van der Waals surface area contributed by atoms with Crippen molar-refractivity contribution in [2.24, 2.45) is 5.92 Å². The Kier molecular flexibility index (Phi) is 8.56. The number of carbonyl (C=O) groups is 1. The van der Waals surface area contributed by atoms with Crippen molar-refractivity contribution in [3.05, 3.63) is 29.3 Å². The number of sulfonamides is 1. The molecule has 5 nitrogen and oxygen atoms in total. The maximum atomic E-state index is 12.2. The van der Waals surface area contributed by atoms with Crippen LogP contribution in [-0.4, -0.2) is 33.7 Å². The summed E-state index contributed by atoms with van der Waals surface area (Å²) in [6.07, 6.45) is 5.40. The number of unbranched alkanes of at least 4 members (excludes halogenated alkanes) is 1. The van der Waals surface area contributed by atoms with E-state index in [0.29, 0.717) is 23.2 Å². The SMILES string of the molecule is CCCCC(CC)CNC(=O)CN(c1cccc(Cl)c1)S(C)(=O)=O. The van der Waals surface area contributed by atoms with Crippen molar-refractivity contribution in [1.29, 1.82) is 0 Å². The fourth-order valence-corrected chi connectivity index (χ4v) is 3.45. The lowest BCUT2D eigenvalue weighted by Gasteiger charge is -2.23. The van der Waals surface area contributed by atoms with Gasteiger partial charge in [0.2, 0.25) is 15.9 Å². The average molecular weight is 375 g/mol. The van der Waals surface area contributed by atoms with E-state index in [1.165, 1.54) is 6.07 Å². The van der Waals surface area contributed by atoms with Crippen LogP contribution in [0.5, 0.6) is 0 Å². The van der Waals surface area contributed by atoms with Gasteiger partial charge in [0.15, 0.2) is 0 Å². The largest absolute Gasteiger partial charge is 0.354 e. The quantitative estimate of drug-likeness (QED) is 0.682. The van der Waals surface area contributed by atoms with Crippen molar-refractivity contribution in [2.75, 3.05) is 23.7 Å². The molecule has 0 fully saturated rings. The van der Waals surface area contributed by atoms with Gasteiger partial charge in [0.1, 0.15) is 6.54 Å². The molecular weight excluding hydrogens is 348 g/mol. The lowest BCUT2D eigenvalue weighted by Crippen LogP contribution is -2.41. The molecule has 0 aliphatic carbocycles. The molecule has 24 heavy (non-hydrogen) atoms. The summed E-state index contributed by atoms with van der Waals surface area (Å²) in [6, 6.07) is 6.47. The third-order valence-corrected chi connectivity index (χ3v) is 5.29. The van der Waals surface area contributed by atoms with Crippen molar-refractivity contribution >= 4 is 33.2 Å². The Balaban J connectivity index is 2.72. The van der Waals surface area contributed by atoms with Crippen molar-refractivity contribution < 1.29 is 13.2 Å². The van der Waals surface area contributed by atoms with Gasteiger partial charge in [-0.05, 0) is 30.5 Å². The monoisotopic (exact) mass is 374 g/mol. The number of nitrogens with zero attached hydrogens (tertiary/aromatic N) is 1. The molecule has 1 unspecified atom stereocenters. The number of amides is 1. The molecule has 1 atom stereocenters. The van der Waals surface area contributed by atoms with Crippen molar-refractivity contribution in [3.63, 3.8) is 0 Å². The summed E-state index contributed by atoms with van der Waals surface area (Å²) in [5.74, 6) is 0.113. The highest BCUT2D eigenvalue weighted by Crippen LogP contribution is 2.21. The highest BCUT2D eigenvalue weighted by Gasteiger charge is 2.21. The zero-order valence-electron chi connectivity index (χ0n) is 14.6. The smallest absolute Gasteiger partial charge is 0.240 e. The van der Waals surface area contributed by atoms with Crippen LogP contribution in [0.1, 0.15) is 39.5 Å². The molecule has 1 amide bonds. The number of hydrogen-bond donors (Lipinski definition) is 1. The maximum Gasteiger partial charge on any atom is 0.240 e. The Hall–Kier alpha value is -1.27. The molecule has 1 rings (SSSR count). The Labute approximate surface area is 150 Å². The van der Waals surface area contributed by atoms with E-state index in [2.05, 4.69) is 19.2 Å². The molecule has 0 heterocycles. The van der Waals surface area contributed by atoms with Gasteiger partial charge < -0.3 is 5.32 Å².